The highest BCUT2D eigenvalue weighted by molar-refractivity contribution is 6.62. The number of benzene rings is 2. The molecule has 0 spiro atoms. The molecule has 2 aromatic carbocycles. The lowest BCUT2D eigenvalue weighted by Gasteiger charge is -2.32. The topological polar surface area (TPSA) is 66.0 Å². The lowest BCUT2D eigenvalue weighted by Crippen LogP contribution is -2.41. The van der Waals surface area contributed by atoms with Crippen LogP contribution in [0.3, 0.4) is 0 Å². The fourth-order valence-electron chi connectivity index (χ4n) is 3.43. The summed E-state index contributed by atoms with van der Waals surface area (Å²) in [6, 6.07) is 13.3. The molecule has 29 heavy (non-hydrogen) atoms. The summed E-state index contributed by atoms with van der Waals surface area (Å²) in [5.41, 5.74) is 2.76. The van der Waals surface area contributed by atoms with Gasteiger partial charge in [-0.1, -0.05) is 24.3 Å². The van der Waals surface area contributed by atoms with E-state index in [4.69, 9.17) is 13.7 Å². The van der Waals surface area contributed by atoms with Crippen LogP contribution in [0, 0.1) is 6.92 Å². The van der Waals surface area contributed by atoms with Gasteiger partial charge in [0.05, 0.1) is 27.8 Å². The standard InChI is InChI=1S/C22H25BN2O4/c1-14-16(23-28-21(2,3)22(4,5)29-23)11-9-12-17(14)24-19-15-10-7-8-13-18(15)25(6)20(26)27-19/h7-13H,1-6H3. The minimum atomic E-state index is -0.479. The average molecular weight is 392 g/mol. The van der Waals surface area contributed by atoms with Crippen molar-refractivity contribution < 1.29 is 13.7 Å². The summed E-state index contributed by atoms with van der Waals surface area (Å²) in [6.07, 6.45) is 0. The fraction of sp³-hybridized carbons (Fsp3) is 0.364. The van der Waals surface area contributed by atoms with E-state index in [0.29, 0.717) is 5.69 Å². The van der Waals surface area contributed by atoms with E-state index in [0.717, 1.165) is 21.9 Å². The lowest BCUT2D eigenvalue weighted by atomic mass is 9.76. The van der Waals surface area contributed by atoms with Gasteiger partial charge in [0.2, 0.25) is 5.55 Å². The van der Waals surface area contributed by atoms with Crippen molar-refractivity contribution in [1.29, 1.82) is 0 Å². The Morgan fingerprint density at radius 3 is 2.31 bits per heavy atom. The number of hydrogen-bond donors (Lipinski definition) is 0. The third-order valence-corrected chi connectivity index (χ3v) is 6.03. The Balaban J connectivity index is 1.86. The molecule has 1 aliphatic heterocycles. The smallest absolute Gasteiger partial charge is 0.399 e. The zero-order chi connectivity index (χ0) is 21.0. The Morgan fingerprint density at radius 2 is 1.62 bits per heavy atom. The molecule has 0 saturated carbocycles. The van der Waals surface area contributed by atoms with Crippen molar-refractivity contribution in [3.05, 3.63) is 64.1 Å². The second-order valence-corrected chi connectivity index (χ2v) is 8.44. The maximum atomic E-state index is 12.2. The molecule has 0 N–H and O–H groups in total. The van der Waals surface area contributed by atoms with Crippen molar-refractivity contribution in [2.24, 2.45) is 12.0 Å². The van der Waals surface area contributed by atoms with Crippen LogP contribution < -0.4 is 16.8 Å². The predicted molar refractivity (Wildman–Crippen MR) is 114 cm³/mol. The van der Waals surface area contributed by atoms with Gasteiger partial charge < -0.3 is 13.7 Å². The summed E-state index contributed by atoms with van der Waals surface area (Å²) in [5, 5.41) is 0.773. The Bertz CT molecular complexity index is 1210. The molecule has 4 rings (SSSR count). The molecule has 1 aliphatic rings. The van der Waals surface area contributed by atoms with Gasteiger partial charge in [0.1, 0.15) is 0 Å². The van der Waals surface area contributed by atoms with E-state index in [1.54, 1.807) is 7.05 Å². The summed E-state index contributed by atoms with van der Waals surface area (Å²) in [5.74, 6) is -0.456. The molecular formula is C22H25BN2O4. The first-order chi connectivity index (χ1) is 13.6. The van der Waals surface area contributed by atoms with Crippen LogP contribution >= 0.6 is 0 Å². The van der Waals surface area contributed by atoms with Crippen molar-refractivity contribution >= 4 is 29.2 Å². The van der Waals surface area contributed by atoms with Gasteiger partial charge in [-0.2, -0.15) is 0 Å². The molecule has 0 aliphatic carbocycles. The average Bonchev–Trinajstić information content (AvgIpc) is 2.88. The van der Waals surface area contributed by atoms with Crippen LogP contribution in [0.2, 0.25) is 0 Å². The fourth-order valence-corrected chi connectivity index (χ4v) is 3.43. The molecule has 6 nitrogen and oxygen atoms in total. The van der Waals surface area contributed by atoms with Crippen molar-refractivity contribution in [2.75, 3.05) is 0 Å². The van der Waals surface area contributed by atoms with E-state index in [2.05, 4.69) is 4.99 Å². The molecule has 1 fully saturated rings. The van der Waals surface area contributed by atoms with Gasteiger partial charge in [0.15, 0.2) is 0 Å². The van der Waals surface area contributed by atoms with Crippen molar-refractivity contribution in [3.63, 3.8) is 0 Å². The van der Waals surface area contributed by atoms with Gasteiger partial charge in [0, 0.05) is 7.05 Å². The van der Waals surface area contributed by atoms with Crippen LogP contribution in [0.4, 0.5) is 5.69 Å². The number of para-hydroxylation sites is 1. The molecule has 0 atom stereocenters. The molecule has 0 bridgehead atoms. The number of nitrogens with zero attached hydrogens (tertiary/aromatic N) is 2. The number of rotatable bonds is 2. The largest absolute Gasteiger partial charge is 0.495 e. The highest BCUT2D eigenvalue weighted by Gasteiger charge is 2.52. The molecule has 0 unspecified atom stereocenters. The highest BCUT2D eigenvalue weighted by atomic mass is 16.7. The van der Waals surface area contributed by atoms with Gasteiger partial charge in [0.25, 0.3) is 0 Å². The van der Waals surface area contributed by atoms with E-state index in [1.165, 1.54) is 4.57 Å². The first kappa shape index (κ1) is 19.7. The Morgan fingerprint density at radius 1 is 0.966 bits per heavy atom. The number of aryl methyl sites for hydroxylation is 1. The van der Waals surface area contributed by atoms with Gasteiger partial charge in [-0.3, -0.25) is 4.57 Å². The third-order valence-electron chi connectivity index (χ3n) is 6.03. The van der Waals surface area contributed by atoms with Crippen LogP contribution in [0.15, 0.2) is 56.7 Å². The Labute approximate surface area is 169 Å². The quantitative estimate of drug-likeness (QED) is 0.629. The monoisotopic (exact) mass is 392 g/mol. The molecular weight excluding hydrogens is 367 g/mol. The molecule has 1 saturated heterocycles. The highest BCUT2D eigenvalue weighted by Crippen LogP contribution is 2.37. The summed E-state index contributed by atoms with van der Waals surface area (Å²) in [7, 11) is 1.20. The van der Waals surface area contributed by atoms with Crippen LogP contribution in [-0.4, -0.2) is 22.9 Å². The molecule has 1 aromatic heterocycles. The van der Waals surface area contributed by atoms with Gasteiger partial charge in [-0.05, 0) is 63.8 Å². The van der Waals surface area contributed by atoms with Crippen molar-refractivity contribution in [1.82, 2.24) is 4.57 Å². The van der Waals surface area contributed by atoms with Crippen molar-refractivity contribution in [3.8, 4) is 0 Å². The van der Waals surface area contributed by atoms with Gasteiger partial charge in [-0.15, -0.1) is 0 Å². The number of aromatic nitrogens is 1. The number of hydrogen-bond acceptors (Lipinski definition) is 5. The van der Waals surface area contributed by atoms with Gasteiger partial charge >= 0.3 is 12.9 Å². The first-order valence-electron chi connectivity index (χ1n) is 9.69. The maximum Gasteiger partial charge on any atom is 0.495 e. The second-order valence-electron chi connectivity index (χ2n) is 8.44. The zero-order valence-electron chi connectivity index (χ0n) is 17.6. The molecule has 2 heterocycles. The van der Waals surface area contributed by atoms with Crippen LogP contribution in [0.25, 0.3) is 10.9 Å². The van der Waals surface area contributed by atoms with Crippen LogP contribution in [-0.2, 0) is 16.4 Å². The zero-order valence-corrected chi connectivity index (χ0v) is 17.6. The van der Waals surface area contributed by atoms with E-state index in [9.17, 15) is 4.79 Å². The second kappa shape index (κ2) is 6.71. The Kier molecular flexibility index (Phi) is 4.55. The molecule has 0 radical (unpaired) electrons. The molecule has 3 aromatic rings. The minimum absolute atomic E-state index is 0.290. The molecule has 0 amide bonds. The van der Waals surface area contributed by atoms with E-state index in [1.807, 2.05) is 77.1 Å². The maximum absolute atomic E-state index is 12.2. The van der Waals surface area contributed by atoms with Gasteiger partial charge in [-0.25, -0.2) is 9.79 Å². The van der Waals surface area contributed by atoms with E-state index in [-0.39, 0.29) is 5.55 Å². The lowest BCUT2D eigenvalue weighted by molar-refractivity contribution is 0.00578. The summed E-state index contributed by atoms with van der Waals surface area (Å²) in [6.45, 7) is 10.1. The van der Waals surface area contributed by atoms with Crippen LogP contribution in [0.1, 0.15) is 33.3 Å². The van der Waals surface area contributed by atoms with Crippen molar-refractivity contribution in [2.45, 2.75) is 45.8 Å². The summed E-state index contributed by atoms with van der Waals surface area (Å²) in [4.78, 5) is 16.9. The normalized spacial score (nSPS) is 18.6. The predicted octanol–water partition coefficient (Wildman–Crippen LogP) is 2.97. The SMILES string of the molecule is Cc1c(N=c2oc(=O)n(C)c3ccccc23)cccc1B1OC(C)(C)C(C)(C)O1. The van der Waals surface area contributed by atoms with E-state index >= 15 is 0 Å². The summed E-state index contributed by atoms with van der Waals surface area (Å²) >= 11 is 0. The van der Waals surface area contributed by atoms with E-state index < -0.39 is 24.1 Å². The number of fused-ring (bicyclic) bond motifs is 1. The van der Waals surface area contributed by atoms with Crippen LogP contribution in [0.5, 0.6) is 0 Å². The Hall–Kier alpha value is -2.64. The molecule has 150 valence electrons. The minimum Gasteiger partial charge on any atom is -0.399 e. The molecule has 7 heteroatoms. The first-order valence-corrected chi connectivity index (χ1v) is 9.69. The third kappa shape index (κ3) is 3.24. The summed E-state index contributed by atoms with van der Waals surface area (Å²) < 4.78 is 19.4.